The third kappa shape index (κ3) is 2.35. The number of aromatic nitrogens is 1. The van der Waals surface area contributed by atoms with E-state index in [9.17, 15) is 0 Å². The van der Waals surface area contributed by atoms with E-state index in [4.69, 9.17) is 5.73 Å². The van der Waals surface area contributed by atoms with Gasteiger partial charge in [-0.05, 0) is 34.3 Å². The molecule has 0 radical (unpaired) electrons. The lowest BCUT2D eigenvalue weighted by Crippen LogP contribution is -1.84. The van der Waals surface area contributed by atoms with Gasteiger partial charge >= 0.3 is 0 Å². The highest BCUT2D eigenvalue weighted by molar-refractivity contribution is 9.11. The minimum absolute atomic E-state index is 0.559. The number of nitrogens with two attached hydrogens (primary N) is 1. The fourth-order valence-electron chi connectivity index (χ4n) is 1.17. The lowest BCUT2D eigenvalue weighted by Gasteiger charge is -1.97. The number of rotatable bonds is 2. The van der Waals surface area contributed by atoms with E-state index in [1.807, 2.05) is 0 Å². The smallest absolute Gasteiger partial charge is 0.149 e. The molecule has 1 heterocycles. The summed E-state index contributed by atoms with van der Waals surface area (Å²) < 4.78 is 0.895. The maximum Gasteiger partial charge on any atom is 0.149 e. The Morgan fingerprint density at radius 2 is 2.00 bits per heavy atom. The maximum absolute atomic E-state index is 5.68. The minimum atomic E-state index is 0.559. The minimum Gasteiger partial charge on any atom is -0.382 e. The largest absolute Gasteiger partial charge is 0.382 e. The third-order valence-electron chi connectivity index (χ3n) is 1.95. The number of hydrogen-bond donors (Lipinski definition) is 1. The topological polar surface area (TPSA) is 38.9 Å². The Morgan fingerprint density at radius 1 is 1.33 bits per heavy atom. The average Bonchev–Trinajstić information content (AvgIpc) is 2.59. The number of benzene rings is 1. The molecule has 2 rings (SSSR count). The van der Waals surface area contributed by atoms with Crippen LogP contribution in [0.1, 0.15) is 0 Å². The standard InChI is InChI=1S/C10H9BrN2S2/c1-14-7-4-2-6(3-5-7)10-13-9(12)8(11)15-10/h2-5H,12H2,1H3. The molecule has 0 saturated heterocycles. The lowest BCUT2D eigenvalue weighted by molar-refractivity contribution is 1.39. The van der Waals surface area contributed by atoms with E-state index < -0.39 is 0 Å². The molecule has 0 spiro atoms. The molecule has 0 saturated carbocycles. The second kappa shape index (κ2) is 4.55. The Hall–Kier alpha value is -0.520. The number of hydrogen-bond acceptors (Lipinski definition) is 4. The first-order chi connectivity index (χ1) is 7.20. The fourth-order valence-corrected chi connectivity index (χ4v) is 2.85. The number of anilines is 1. The van der Waals surface area contributed by atoms with Crippen molar-refractivity contribution in [2.24, 2.45) is 0 Å². The van der Waals surface area contributed by atoms with Gasteiger partial charge in [0.2, 0.25) is 0 Å². The molecule has 0 unspecified atom stereocenters. The molecule has 2 nitrogen and oxygen atoms in total. The Kier molecular flexibility index (Phi) is 3.33. The highest BCUT2D eigenvalue weighted by Crippen LogP contribution is 2.33. The SMILES string of the molecule is CSc1ccc(-c2nc(N)c(Br)s2)cc1. The van der Waals surface area contributed by atoms with E-state index in [2.05, 4.69) is 51.4 Å². The summed E-state index contributed by atoms with van der Waals surface area (Å²) >= 11 is 6.65. The molecule has 1 aromatic heterocycles. The molecule has 1 aromatic carbocycles. The van der Waals surface area contributed by atoms with Crippen LogP contribution >= 0.6 is 39.0 Å². The van der Waals surface area contributed by atoms with Gasteiger partial charge in [-0.25, -0.2) is 4.98 Å². The van der Waals surface area contributed by atoms with Gasteiger partial charge < -0.3 is 5.73 Å². The molecule has 0 amide bonds. The van der Waals surface area contributed by atoms with Gasteiger partial charge in [0.1, 0.15) is 14.6 Å². The first-order valence-corrected chi connectivity index (χ1v) is 7.10. The van der Waals surface area contributed by atoms with E-state index in [-0.39, 0.29) is 0 Å². The van der Waals surface area contributed by atoms with Crippen LogP contribution in [-0.2, 0) is 0 Å². The van der Waals surface area contributed by atoms with Gasteiger partial charge in [-0.1, -0.05) is 12.1 Å². The van der Waals surface area contributed by atoms with Crippen molar-refractivity contribution < 1.29 is 0 Å². The molecule has 0 bridgehead atoms. The van der Waals surface area contributed by atoms with E-state index in [0.29, 0.717) is 5.82 Å². The number of nitrogen functional groups attached to an aromatic ring is 1. The van der Waals surface area contributed by atoms with Crippen LogP contribution < -0.4 is 5.73 Å². The van der Waals surface area contributed by atoms with Crippen LogP contribution in [0, 0.1) is 0 Å². The van der Waals surface area contributed by atoms with Crippen molar-refractivity contribution in [2.45, 2.75) is 4.90 Å². The summed E-state index contributed by atoms with van der Waals surface area (Å²) in [7, 11) is 0. The van der Waals surface area contributed by atoms with Gasteiger partial charge in [-0.3, -0.25) is 0 Å². The van der Waals surface area contributed by atoms with Crippen LogP contribution in [0.4, 0.5) is 5.82 Å². The van der Waals surface area contributed by atoms with Gasteiger partial charge in [0.05, 0.1) is 0 Å². The Labute approximate surface area is 105 Å². The first-order valence-electron chi connectivity index (χ1n) is 4.27. The van der Waals surface area contributed by atoms with Crippen molar-refractivity contribution >= 4 is 44.8 Å². The van der Waals surface area contributed by atoms with Crippen LogP contribution in [0.15, 0.2) is 32.9 Å². The normalized spacial score (nSPS) is 10.5. The van der Waals surface area contributed by atoms with E-state index in [0.717, 1.165) is 14.4 Å². The zero-order valence-electron chi connectivity index (χ0n) is 8.03. The molecule has 2 aromatic rings. The highest BCUT2D eigenvalue weighted by atomic mass is 79.9. The van der Waals surface area contributed by atoms with Crippen molar-refractivity contribution in [1.82, 2.24) is 4.98 Å². The predicted molar refractivity (Wildman–Crippen MR) is 71.4 cm³/mol. The molecule has 0 aliphatic rings. The summed E-state index contributed by atoms with van der Waals surface area (Å²) in [5.74, 6) is 0.559. The van der Waals surface area contributed by atoms with E-state index in [1.54, 1.807) is 23.1 Å². The van der Waals surface area contributed by atoms with Crippen molar-refractivity contribution in [3.05, 3.63) is 28.1 Å². The van der Waals surface area contributed by atoms with Crippen LogP contribution in [0.25, 0.3) is 10.6 Å². The number of thioether (sulfide) groups is 1. The molecule has 78 valence electrons. The van der Waals surface area contributed by atoms with E-state index >= 15 is 0 Å². The molecular formula is C10H9BrN2S2. The summed E-state index contributed by atoms with van der Waals surface area (Å²) in [5.41, 5.74) is 6.79. The molecule has 0 aliphatic heterocycles. The Balaban J connectivity index is 2.37. The van der Waals surface area contributed by atoms with Crippen LogP contribution in [0.3, 0.4) is 0 Å². The van der Waals surface area contributed by atoms with Crippen LogP contribution in [-0.4, -0.2) is 11.2 Å². The van der Waals surface area contributed by atoms with Crippen molar-refractivity contribution in [3.63, 3.8) is 0 Å². The molecule has 0 atom stereocenters. The fraction of sp³-hybridized carbons (Fsp3) is 0.100. The van der Waals surface area contributed by atoms with Crippen molar-refractivity contribution in [1.29, 1.82) is 0 Å². The quantitative estimate of drug-likeness (QED) is 0.856. The Bertz CT molecular complexity index is 445. The summed E-state index contributed by atoms with van der Waals surface area (Å²) in [4.78, 5) is 5.53. The third-order valence-corrected chi connectivity index (χ3v) is 4.49. The van der Waals surface area contributed by atoms with Crippen molar-refractivity contribution in [2.75, 3.05) is 12.0 Å². The summed E-state index contributed by atoms with van der Waals surface area (Å²) in [6.07, 6.45) is 2.06. The number of nitrogens with zero attached hydrogens (tertiary/aromatic N) is 1. The zero-order valence-corrected chi connectivity index (χ0v) is 11.2. The van der Waals surface area contributed by atoms with Gasteiger partial charge in [0.25, 0.3) is 0 Å². The number of thiazole rings is 1. The van der Waals surface area contributed by atoms with Gasteiger partial charge in [0, 0.05) is 10.5 Å². The van der Waals surface area contributed by atoms with Crippen LogP contribution in [0.2, 0.25) is 0 Å². The summed E-state index contributed by atoms with van der Waals surface area (Å²) in [6, 6.07) is 8.31. The lowest BCUT2D eigenvalue weighted by atomic mass is 10.2. The van der Waals surface area contributed by atoms with Gasteiger partial charge in [0.15, 0.2) is 0 Å². The molecule has 0 fully saturated rings. The monoisotopic (exact) mass is 300 g/mol. The molecular weight excluding hydrogens is 292 g/mol. The summed E-state index contributed by atoms with van der Waals surface area (Å²) in [6.45, 7) is 0. The van der Waals surface area contributed by atoms with Gasteiger partial charge in [-0.2, -0.15) is 0 Å². The summed E-state index contributed by atoms with van der Waals surface area (Å²) in [5, 5.41) is 0.951. The van der Waals surface area contributed by atoms with Crippen molar-refractivity contribution in [3.8, 4) is 10.6 Å². The second-order valence-electron chi connectivity index (χ2n) is 2.91. The average molecular weight is 301 g/mol. The number of halogens is 1. The second-order valence-corrected chi connectivity index (χ2v) is 6.10. The predicted octanol–water partition coefficient (Wildman–Crippen LogP) is 3.88. The van der Waals surface area contributed by atoms with Gasteiger partial charge in [-0.15, -0.1) is 23.1 Å². The molecule has 5 heteroatoms. The molecule has 15 heavy (non-hydrogen) atoms. The van der Waals surface area contributed by atoms with E-state index in [1.165, 1.54) is 4.90 Å². The zero-order chi connectivity index (χ0) is 10.8. The first kappa shape index (κ1) is 11.0. The highest BCUT2D eigenvalue weighted by Gasteiger charge is 2.07. The molecule has 2 N–H and O–H groups in total. The van der Waals surface area contributed by atoms with Crippen LogP contribution in [0.5, 0.6) is 0 Å². The maximum atomic E-state index is 5.68. The molecule has 0 aliphatic carbocycles. The Morgan fingerprint density at radius 3 is 2.47 bits per heavy atom.